The molecule has 0 saturated carbocycles. The van der Waals surface area contributed by atoms with Gasteiger partial charge >= 0.3 is 0 Å². The summed E-state index contributed by atoms with van der Waals surface area (Å²) in [5.74, 6) is 0. The maximum Gasteiger partial charge on any atom is 0.251 e. The quantitative estimate of drug-likeness (QED) is 0.847. The SMILES string of the molecule is Cc1cc(C)c(CN(CCN)CC(F)F)c(C)c1. The molecule has 0 heterocycles. The number of halogens is 2. The standard InChI is InChI=1S/C14H22F2N2/c1-10-6-11(2)13(12(3)7-10)8-18(5-4-17)9-14(15)16/h6-7,14H,4-5,8-9,17H2,1-3H3. The van der Waals surface area contributed by atoms with Crippen molar-refractivity contribution in [2.75, 3.05) is 19.6 Å². The lowest BCUT2D eigenvalue weighted by Crippen LogP contribution is -2.33. The summed E-state index contributed by atoms with van der Waals surface area (Å²) in [7, 11) is 0. The Bertz CT molecular complexity index is 368. The molecule has 0 atom stereocenters. The maximum absolute atomic E-state index is 12.5. The van der Waals surface area contributed by atoms with Crippen LogP contribution in [0.2, 0.25) is 0 Å². The van der Waals surface area contributed by atoms with Gasteiger partial charge in [0.15, 0.2) is 0 Å². The van der Waals surface area contributed by atoms with Gasteiger partial charge in [0.05, 0.1) is 6.54 Å². The summed E-state index contributed by atoms with van der Waals surface area (Å²) in [4.78, 5) is 1.72. The van der Waals surface area contributed by atoms with Crippen molar-refractivity contribution in [2.45, 2.75) is 33.7 Å². The second kappa shape index (κ2) is 6.81. The molecule has 102 valence electrons. The number of alkyl halides is 2. The molecule has 0 spiro atoms. The number of hydrogen-bond acceptors (Lipinski definition) is 2. The van der Waals surface area contributed by atoms with E-state index in [0.717, 1.165) is 16.7 Å². The third kappa shape index (κ3) is 4.35. The van der Waals surface area contributed by atoms with E-state index < -0.39 is 6.43 Å². The Morgan fingerprint density at radius 3 is 2.17 bits per heavy atom. The Labute approximate surface area is 108 Å². The molecule has 0 bridgehead atoms. The first-order chi connectivity index (χ1) is 8.43. The molecular formula is C14H22F2N2. The molecule has 0 fully saturated rings. The second-order valence-corrected chi connectivity index (χ2v) is 4.79. The fraction of sp³-hybridized carbons (Fsp3) is 0.571. The van der Waals surface area contributed by atoms with Gasteiger partial charge in [-0.15, -0.1) is 0 Å². The van der Waals surface area contributed by atoms with E-state index in [4.69, 9.17) is 5.73 Å². The third-order valence-electron chi connectivity index (χ3n) is 3.06. The molecule has 0 unspecified atom stereocenters. The summed E-state index contributed by atoms with van der Waals surface area (Å²) in [5, 5.41) is 0. The van der Waals surface area contributed by atoms with Gasteiger partial charge in [0.25, 0.3) is 6.43 Å². The summed E-state index contributed by atoms with van der Waals surface area (Å²) < 4.78 is 25.0. The maximum atomic E-state index is 12.5. The molecule has 0 aliphatic rings. The van der Waals surface area contributed by atoms with Gasteiger partial charge in [0.2, 0.25) is 0 Å². The zero-order valence-electron chi connectivity index (χ0n) is 11.3. The highest BCUT2D eigenvalue weighted by Crippen LogP contribution is 2.18. The predicted octanol–water partition coefficient (Wildman–Crippen LogP) is 2.64. The van der Waals surface area contributed by atoms with E-state index in [9.17, 15) is 8.78 Å². The fourth-order valence-electron chi connectivity index (χ4n) is 2.30. The van der Waals surface area contributed by atoms with Crippen LogP contribution < -0.4 is 5.73 Å². The molecule has 0 aromatic heterocycles. The van der Waals surface area contributed by atoms with Crippen LogP contribution in [0.5, 0.6) is 0 Å². The Kier molecular flexibility index (Phi) is 5.69. The van der Waals surface area contributed by atoms with Gasteiger partial charge in [-0.1, -0.05) is 17.7 Å². The van der Waals surface area contributed by atoms with Crippen LogP contribution in [0.3, 0.4) is 0 Å². The average molecular weight is 256 g/mol. The van der Waals surface area contributed by atoms with Gasteiger partial charge in [-0.25, -0.2) is 8.78 Å². The molecule has 4 heteroatoms. The van der Waals surface area contributed by atoms with Crippen LogP contribution in [0.25, 0.3) is 0 Å². The summed E-state index contributed by atoms with van der Waals surface area (Å²) in [5.41, 5.74) is 10.1. The number of rotatable bonds is 6. The van der Waals surface area contributed by atoms with E-state index in [1.807, 2.05) is 20.8 Å². The Morgan fingerprint density at radius 1 is 1.17 bits per heavy atom. The van der Waals surface area contributed by atoms with E-state index >= 15 is 0 Å². The van der Waals surface area contributed by atoms with Crippen molar-refractivity contribution in [1.29, 1.82) is 0 Å². The smallest absolute Gasteiger partial charge is 0.251 e. The first-order valence-electron chi connectivity index (χ1n) is 6.21. The van der Waals surface area contributed by atoms with Gasteiger partial charge in [-0.2, -0.15) is 0 Å². The van der Waals surface area contributed by atoms with Crippen LogP contribution in [0.4, 0.5) is 8.78 Å². The van der Waals surface area contributed by atoms with E-state index in [0.29, 0.717) is 19.6 Å². The fourth-order valence-corrected chi connectivity index (χ4v) is 2.30. The molecule has 0 saturated heterocycles. The predicted molar refractivity (Wildman–Crippen MR) is 71.0 cm³/mol. The van der Waals surface area contributed by atoms with Crippen molar-refractivity contribution in [1.82, 2.24) is 4.90 Å². The monoisotopic (exact) mass is 256 g/mol. The van der Waals surface area contributed by atoms with Crippen molar-refractivity contribution in [3.63, 3.8) is 0 Å². The minimum absolute atomic E-state index is 0.218. The van der Waals surface area contributed by atoms with Gasteiger partial charge in [-0.3, -0.25) is 4.90 Å². The zero-order chi connectivity index (χ0) is 13.7. The highest BCUT2D eigenvalue weighted by Gasteiger charge is 2.14. The van der Waals surface area contributed by atoms with E-state index in [1.54, 1.807) is 4.90 Å². The number of nitrogens with zero attached hydrogens (tertiary/aromatic N) is 1. The third-order valence-corrected chi connectivity index (χ3v) is 3.06. The van der Waals surface area contributed by atoms with Gasteiger partial charge in [-0.05, 0) is 37.5 Å². The average Bonchev–Trinajstić information content (AvgIpc) is 2.22. The molecule has 1 aromatic rings. The summed E-state index contributed by atoms with van der Waals surface area (Å²) in [6.45, 7) is 7.31. The number of nitrogens with two attached hydrogens (primary N) is 1. The van der Waals surface area contributed by atoms with Crippen LogP contribution in [0, 0.1) is 20.8 Å². The first kappa shape index (κ1) is 15.1. The van der Waals surface area contributed by atoms with Crippen molar-refractivity contribution >= 4 is 0 Å². The van der Waals surface area contributed by atoms with Gasteiger partial charge in [0.1, 0.15) is 0 Å². The van der Waals surface area contributed by atoms with Crippen LogP contribution in [0.15, 0.2) is 12.1 Å². The van der Waals surface area contributed by atoms with Crippen molar-refractivity contribution in [3.05, 3.63) is 34.4 Å². The van der Waals surface area contributed by atoms with E-state index in [1.165, 1.54) is 5.56 Å². The summed E-state index contributed by atoms with van der Waals surface area (Å²) in [6, 6.07) is 4.18. The Balaban J connectivity index is 2.86. The molecular weight excluding hydrogens is 234 g/mol. The normalized spacial score (nSPS) is 11.6. The molecule has 2 N–H and O–H groups in total. The molecule has 1 aromatic carbocycles. The van der Waals surface area contributed by atoms with Crippen LogP contribution >= 0.6 is 0 Å². The van der Waals surface area contributed by atoms with Crippen molar-refractivity contribution < 1.29 is 8.78 Å². The lowest BCUT2D eigenvalue weighted by molar-refractivity contribution is 0.0860. The minimum Gasteiger partial charge on any atom is -0.329 e. The molecule has 18 heavy (non-hydrogen) atoms. The topological polar surface area (TPSA) is 29.3 Å². The van der Waals surface area contributed by atoms with Crippen LogP contribution in [-0.2, 0) is 6.54 Å². The van der Waals surface area contributed by atoms with Gasteiger partial charge in [0, 0.05) is 19.6 Å². The van der Waals surface area contributed by atoms with E-state index in [2.05, 4.69) is 12.1 Å². The molecule has 2 nitrogen and oxygen atoms in total. The summed E-state index contributed by atoms with van der Waals surface area (Å²) in [6.07, 6.45) is -2.32. The first-order valence-corrected chi connectivity index (χ1v) is 6.21. The van der Waals surface area contributed by atoms with Crippen LogP contribution in [0.1, 0.15) is 22.3 Å². The van der Waals surface area contributed by atoms with E-state index in [-0.39, 0.29) is 6.54 Å². The lowest BCUT2D eigenvalue weighted by Gasteiger charge is -2.23. The number of aryl methyl sites for hydroxylation is 3. The Morgan fingerprint density at radius 2 is 1.72 bits per heavy atom. The second-order valence-electron chi connectivity index (χ2n) is 4.79. The van der Waals surface area contributed by atoms with Crippen molar-refractivity contribution in [2.24, 2.45) is 5.73 Å². The molecule has 0 radical (unpaired) electrons. The number of benzene rings is 1. The molecule has 0 amide bonds. The number of hydrogen-bond donors (Lipinski definition) is 1. The summed E-state index contributed by atoms with van der Waals surface area (Å²) >= 11 is 0. The largest absolute Gasteiger partial charge is 0.329 e. The Hall–Kier alpha value is -1.00. The molecule has 1 rings (SSSR count). The van der Waals surface area contributed by atoms with Crippen molar-refractivity contribution in [3.8, 4) is 0 Å². The highest BCUT2D eigenvalue weighted by atomic mass is 19.3. The van der Waals surface area contributed by atoms with Crippen LogP contribution in [-0.4, -0.2) is 31.0 Å². The minimum atomic E-state index is -2.32. The molecule has 0 aliphatic heterocycles. The van der Waals surface area contributed by atoms with Gasteiger partial charge < -0.3 is 5.73 Å². The zero-order valence-corrected chi connectivity index (χ0v) is 11.3. The lowest BCUT2D eigenvalue weighted by atomic mass is 9.99. The highest BCUT2D eigenvalue weighted by molar-refractivity contribution is 5.37. The molecule has 0 aliphatic carbocycles.